The fraction of sp³-hybridized carbons (Fsp3) is 0.625. The smallest absolute Gasteiger partial charge is 0.318 e. The van der Waals surface area contributed by atoms with E-state index in [0.717, 1.165) is 58.1 Å². The van der Waals surface area contributed by atoms with Crippen LogP contribution in [0.2, 0.25) is 0 Å². The summed E-state index contributed by atoms with van der Waals surface area (Å²) in [5.74, 6) is 1.98. The summed E-state index contributed by atoms with van der Waals surface area (Å²) in [7, 11) is 0. The van der Waals surface area contributed by atoms with E-state index in [-0.39, 0.29) is 11.9 Å². The third-order valence-corrected chi connectivity index (χ3v) is 7.91. The Labute approximate surface area is 193 Å². The first-order valence-corrected chi connectivity index (χ1v) is 11.9. The summed E-state index contributed by atoms with van der Waals surface area (Å²) in [6.07, 6.45) is 3.14. The minimum atomic E-state index is -0.396. The molecule has 9 heteroatoms. The third kappa shape index (κ3) is 4.13. The summed E-state index contributed by atoms with van der Waals surface area (Å²) < 4.78 is 11.6. The standard InChI is InChI=1S/C23H30N4O3.CH2O2/c28-19-14-27(22-25-24-21(30-22)17-7-4-8-17)15-23(19)18(13-26-9-11-29-12-10-26)20(23)16-5-2-1-3-6-16;2-1-3/h1-3,5-6,17-20,28H,4,7-15H2;1H,(H,2,3)/t18-,19-,20-,23-;/m1./s1. The third-order valence-electron chi connectivity index (χ3n) is 7.91. The molecule has 1 aromatic heterocycles. The topological polar surface area (TPSA) is 112 Å². The van der Waals surface area contributed by atoms with Gasteiger partial charge in [-0.3, -0.25) is 9.69 Å². The first-order chi connectivity index (χ1) is 16.2. The molecule has 2 aromatic rings. The van der Waals surface area contributed by atoms with Crippen LogP contribution in [0.15, 0.2) is 34.7 Å². The number of anilines is 1. The number of rotatable bonds is 5. The van der Waals surface area contributed by atoms with Gasteiger partial charge in [-0.2, -0.15) is 0 Å². The van der Waals surface area contributed by atoms with Gasteiger partial charge in [-0.05, 0) is 30.2 Å². The molecule has 0 amide bonds. The fourth-order valence-corrected chi connectivity index (χ4v) is 5.95. The van der Waals surface area contributed by atoms with Crippen molar-refractivity contribution in [2.75, 3.05) is 50.8 Å². The van der Waals surface area contributed by atoms with Crippen LogP contribution in [0.25, 0.3) is 0 Å². The maximum atomic E-state index is 11.3. The Morgan fingerprint density at radius 3 is 2.55 bits per heavy atom. The van der Waals surface area contributed by atoms with Crippen LogP contribution >= 0.6 is 0 Å². The fourth-order valence-electron chi connectivity index (χ4n) is 5.95. The first kappa shape index (κ1) is 22.3. The van der Waals surface area contributed by atoms with Gasteiger partial charge < -0.3 is 24.3 Å². The van der Waals surface area contributed by atoms with Gasteiger partial charge in [0.15, 0.2) is 0 Å². The number of nitrogens with zero attached hydrogens (tertiary/aromatic N) is 4. The molecule has 1 aromatic carbocycles. The van der Waals surface area contributed by atoms with E-state index in [1.807, 2.05) is 0 Å². The van der Waals surface area contributed by atoms with Gasteiger partial charge >= 0.3 is 6.01 Å². The Bertz CT molecular complexity index is 930. The van der Waals surface area contributed by atoms with Gasteiger partial charge in [-0.15, -0.1) is 5.10 Å². The highest BCUT2D eigenvalue weighted by Crippen LogP contribution is 2.69. The molecule has 2 saturated heterocycles. The molecule has 3 heterocycles. The molecule has 9 nitrogen and oxygen atoms in total. The average Bonchev–Trinajstić information content (AvgIpc) is 3.06. The van der Waals surface area contributed by atoms with Crippen molar-refractivity contribution < 1.29 is 24.2 Å². The number of hydrogen-bond donors (Lipinski definition) is 2. The van der Waals surface area contributed by atoms with E-state index < -0.39 is 6.10 Å². The lowest BCUT2D eigenvalue weighted by atomic mass is 9.85. The predicted molar refractivity (Wildman–Crippen MR) is 120 cm³/mol. The van der Waals surface area contributed by atoms with Gasteiger partial charge in [0.05, 0.1) is 19.3 Å². The molecule has 2 N–H and O–H groups in total. The van der Waals surface area contributed by atoms with Crippen molar-refractivity contribution in [1.82, 2.24) is 15.1 Å². The molecular formula is C24H32N4O5. The van der Waals surface area contributed by atoms with E-state index >= 15 is 0 Å². The number of aromatic nitrogens is 2. The Kier molecular flexibility index (Phi) is 6.36. The van der Waals surface area contributed by atoms with E-state index in [0.29, 0.717) is 30.3 Å². The van der Waals surface area contributed by atoms with Crippen LogP contribution in [0.1, 0.15) is 42.6 Å². The van der Waals surface area contributed by atoms with Gasteiger partial charge in [-0.25, -0.2) is 0 Å². The summed E-state index contributed by atoms with van der Waals surface area (Å²) in [5.41, 5.74) is 1.18. The van der Waals surface area contributed by atoms with E-state index in [1.54, 1.807) is 0 Å². The van der Waals surface area contributed by atoms with Crippen LogP contribution in [0.5, 0.6) is 0 Å². The molecule has 4 fully saturated rings. The molecule has 0 radical (unpaired) electrons. The number of β-amino-alcohol motifs (C(OH)–C–C–N with tert-alkyl or cyclic N) is 1. The first-order valence-electron chi connectivity index (χ1n) is 11.9. The Morgan fingerprint density at radius 1 is 1.15 bits per heavy atom. The quantitative estimate of drug-likeness (QED) is 0.652. The van der Waals surface area contributed by atoms with Crippen LogP contribution in [-0.4, -0.2) is 83.8 Å². The number of benzene rings is 1. The number of carboxylic acid groups (broad SMARTS) is 1. The number of aliphatic hydroxyl groups excluding tert-OH is 1. The van der Waals surface area contributed by atoms with Crippen LogP contribution in [0.4, 0.5) is 6.01 Å². The van der Waals surface area contributed by atoms with Crippen molar-refractivity contribution in [3.8, 4) is 0 Å². The Morgan fingerprint density at radius 2 is 1.88 bits per heavy atom. The molecule has 6 rings (SSSR count). The number of aliphatic hydroxyl groups is 1. The van der Waals surface area contributed by atoms with E-state index in [9.17, 15) is 5.11 Å². The molecular weight excluding hydrogens is 424 g/mol. The van der Waals surface area contributed by atoms with Crippen LogP contribution in [0, 0.1) is 11.3 Å². The lowest BCUT2D eigenvalue weighted by Crippen LogP contribution is -2.39. The number of morpholine rings is 1. The molecule has 4 atom stereocenters. The number of hydrogen-bond acceptors (Lipinski definition) is 8. The van der Waals surface area contributed by atoms with Gasteiger partial charge in [0.25, 0.3) is 6.47 Å². The molecule has 0 bridgehead atoms. The van der Waals surface area contributed by atoms with Gasteiger partial charge in [0, 0.05) is 44.1 Å². The van der Waals surface area contributed by atoms with Crippen molar-refractivity contribution >= 4 is 12.5 Å². The minimum Gasteiger partial charge on any atom is -0.483 e. The summed E-state index contributed by atoms with van der Waals surface area (Å²) in [6, 6.07) is 11.3. The average molecular weight is 457 g/mol. The zero-order chi connectivity index (χ0) is 22.8. The van der Waals surface area contributed by atoms with Gasteiger partial charge in [-0.1, -0.05) is 41.9 Å². The van der Waals surface area contributed by atoms with Crippen molar-refractivity contribution in [2.45, 2.75) is 37.2 Å². The van der Waals surface area contributed by atoms with Crippen LogP contribution in [-0.2, 0) is 9.53 Å². The van der Waals surface area contributed by atoms with E-state index in [1.165, 1.54) is 12.0 Å². The lowest BCUT2D eigenvalue weighted by molar-refractivity contribution is -0.122. The molecule has 0 unspecified atom stereocenters. The molecule has 2 saturated carbocycles. The molecule has 4 aliphatic rings. The highest BCUT2D eigenvalue weighted by molar-refractivity contribution is 5.43. The van der Waals surface area contributed by atoms with Crippen LogP contribution < -0.4 is 4.90 Å². The summed E-state index contributed by atoms with van der Waals surface area (Å²) in [6.45, 7) is 5.65. The van der Waals surface area contributed by atoms with Gasteiger partial charge in [0.2, 0.25) is 5.89 Å². The van der Waals surface area contributed by atoms with Crippen molar-refractivity contribution in [3.63, 3.8) is 0 Å². The largest absolute Gasteiger partial charge is 0.483 e. The minimum absolute atomic E-state index is 0.148. The number of ether oxygens (including phenoxy) is 1. The molecule has 2 aliphatic carbocycles. The number of carbonyl (C=O) groups is 1. The van der Waals surface area contributed by atoms with Crippen molar-refractivity contribution in [1.29, 1.82) is 0 Å². The Hall–Kier alpha value is -2.49. The second-order valence-corrected chi connectivity index (χ2v) is 9.57. The molecule has 33 heavy (non-hydrogen) atoms. The normalized spacial score (nSPS) is 31.7. The van der Waals surface area contributed by atoms with Crippen molar-refractivity contribution in [3.05, 3.63) is 41.8 Å². The predicted octanol–water partition coefficient (Wildman–Crippen LogP) is 1.95. The summed E-state index contributed by atoms with van der Waals surface area (Å²) >= 11 is 0. The second-order valence-electron chi connectivity index (χ2n) is 9.57. The van der Waals surface area contributed by atoms with E-state index in [4.69, 9.17) is 19.1 Å². The maximum Gasteiger partial charge on any atom is 0.318 e. The molecule has 1 spiro atoms. The van der Waals surface area contributed by atoms with E-state index in [2.05, 4.69) is 50.3 Å². The zero-order valence-electron chi connectivity index (χ0n) is 18.8. The SMILES string of the molecule is O=CO.O[C@@H]1CN(c2nnc(C3CCC3)o2)C[C@@]12[C@H](CN1CCOCC1)[C@H]2c1ccccc1. The summed E-state index contributed by atoms with van der Waals surface area (Å²) in [4.78, 5) is 13.0. The van der Waals surface area contributed by atoms with Crippen LogP contribution in [0.3, 0.4) is 0 Å². The summed E-state index contributed by atoms with van der Waals surface area (Å²) in [5, 5.41) is 26.8. The monoisotopic (exact) mass is 456 g/mol. The molecule has 2 aliphatic heterocycles. The lowest BCUT2D eigenvalue weighted by Gasteiger charge is -2.27. The highest BCUT2D eigenvalue weighted by Gasteiger charge is 2.71. The van der Waals surface area contributed by atoms with Crippen molar-refractivity contribution in [2.24, 2.45) is 11.3 Å². The van der Waals surface area contributed by atoms with Gasteiger partial charge in [0.1, 0.15) is 0 Å². The Balaban J connectivity index is 0.000000724. The zero-order valence-corrected chi connectivity index (χ0v) is 18.8. The second kappa shape index (κ2) is 9.40. The maximum absolute atomic E-state index is 11.3. The highest BCUT2D eigenvalue weighted by atomic mass is 16.5. The molecule has 178 valence electrons.